The maximum absolute atomic E-state index is 16.0. The number of para-hydroxylation sites is 3. The zero-order valence-electron chi connectivity index (χ0n) is 33.0. The fraction of sp³-hybridized carbons (Fsp3) is 0.111. The number of benzene rings is 8. The van der Waals surface area contributed by atoms with E-state index in [1.807, 2.05) is 78.9 Å². The second kappa shape index (κ2) is 12.5. The van der Waals surface area contributed by atoms with Crippen molar-refractivity contribution in [3.63, 3.8) is 0 Å². The van der Waals surface area contributed by atoms with Crippen LogP contribution in [-0.2, 0) is 15.4 Å². The Labute approximate surface area is 338 Å². The molecule has 0 bridgehead atoms. The van der Waals surface area contributed by atoms with Gasteiger partial charge >= 0.3 is 0 Å². The first-order valence-electron chi connectivity index (χ1n) is 20.1. The zero-order valence-corrected chi connectivity index (χ0v) is 33.9. The Morgan fingerprint density at radius 1 is 0.448 bits per heavy atom. The molecule has 10 aromatic rings. The van der Waals surface area contributed by atoms with E-state index in [0.29, 0.717) is 10.9 Å². The third-order valence-corrected chi connectivity index (χ3v) is 16.0. The van der Waals surface area contributed by atoms with Crippen molar-refractivity contribution in [3.8, 4) is 16.8 Å². The van der Waals surface area contributed by atoms with E-state index >= 15 is 4.57 Å². The van der Waals surface area contributed by atoms with Crippen LogP contribution in [0.25, 0.3) is 60.6 Å². The van der Waals surface area contributed by atoms with Crippen molar-refractivity contribution in [2.75, 3.05) is 0 Å². The summed E-state index contributed by atoms with van der Waals surface area (Å²) in [7, 11) is -3.39. The van der Waals surface area contributed by atoms with Crippen molar-refractivity contribution in [1.82, 2.24) is 4.57 Å². The van der Waals surface area contributed by atoms with Crippen LogP contribution in [0.5, 0.6) is 0 Å². The predicted molar refractivity (Wildman–Crippen MR) is 244 cm³/mol. The van der Waals surface area contributed by atoms with Gasteiger partial charge in [-0.05, 0) is 81.9 Å². The molecule has 0 radical (unpaired) electrons. The molecule has 2 aromatic heterocycles. The largest absolute Gasteiger partial charge is 0.455 e. The van der Waals surface area contributed by atoms with E-state index in [4.69, 9.17) is 4.42 Å². The highest BCUT2D eigenvalue weighted by Gasteiger charge is 2.42. The second-order valence-corrected chi connectivity index (χ2v) is 19.6. The number of hydrogen-bond acceptors (Lipinski definition) is 2. The number of fused-ring (bicyclic) bond motifs is 8. The summed E-state index contributed by atoms with van der Waals surface area (Å²) in [6.45, 7) is 9.46. The van der Waals surface area contributed by atoms with Crippen LogP contribution < -0.4 is 15.9 Å². The Balaban J connectivity index is 1.11. The van der Waals surface area contributed by atoms with Gasteiger partial charge in [0.2, 0.25) is 0 Å². The molecule has 1 aliphatic carbocycles. The average Bonchev–Trinajstić information content (AvgIpc) is 3.81. The van der Waals surface area contributed by atoms with E-state index < -0.39 is 7.14 Å². The van der Waals surface area contributed by atoms with E-state index in [1.54, 1.807) is 0 Å². The summed E-state index contributed by atoms with van der Waals surface area (Å²) < 4.78 is 25.1. The summed E-state index contributed by atoms with van der Waals surface area (Å²) >= 11 is 0. The number of furan rings is 1. The minimum Gasteiger partial charge on any atom is -0.455 e. The van der Waals surface area contributed by atoms with Crippen molar-refractivity contribution in [1.29, 1.82) is 0 Å². The minimum absolute atomic E-state index is 0.264. The lowest BCUT2D eigenvalue weighted by atomic mass is 9.59. The van der Waals surface area contributed by atoms with Gasteiger partial charge in [0, 0.05) is 48.7 Å². The predicted octanol–water partition coefficient (Wildman–Crippen LogP) is 13.0. The Morgan fingerprint density at radius 3 is 1.59 bits per heavy atom. The third kappa shape index (κ3) is 4.90. The molecule has 0 saturated heterocycles. The van der Waals surface area contributed by atoms with Crippen molar-refractivity contribution in [3.05, 3.63) is 204 Å². The summed E-state index contributed by atoms with van der Waals surface area (Å²) in [6.07, 6.45) is 0. The Morgan fingerprint density at radius 2 is 0.966 bits per heavy atom. The molecule has 0 N–H and O–H groups in total. The van der Waals surface area contributed by atoms with E-state index in [0.717, 1.165) is 38.1 Å². The highest BCUT2D eigenvalue weighted by molar-refractivity contribution is 7.85. The SMILES string of the molecule is CC1(C)c2ccc(-n3c4ccccc4c4ccccc43)cc2C(C)(C)c2ccc(-c3cc(P(=O)(c4ccccc4)c4ccccc4)c4oc5ccccc5c4c3)cc21. The van der Waals surface area contributed by atoms with Crippen molar-refractivity contribution in [2.24, 2.45) is 0 Å². The second-order valence-electron chi connectivity index (χ2n) is 16.9. The Kier molecular flexibility index (Phi) is 7.53. The highest BCUT2D eigenvalue weighted by Crippen LogP contribution is 2.52. The Bertz CT molecular complexity index is 3220. The van der Waals surface area contributed by atoms with Crippen LogP contribution >= 0.6 is 7.14 Å². The maximum atomic E-state index is 16.0. The lowest BCUT2D eigenvalue weighted by Gasteiger charge is -2.44. The smallest absolute Gasteiger partial charge is 0.174 e. The molecule has 1 aliphatic rings. The van der Waals surface area contributed by atoms with Gasteiger partial charge in [-0.1, -0.05) is 161 Å². The molecule has 0 atom stereocenters. The fourth-order valence-corrected chi connectivity index (χ4v) is 12.7. The zero-order chi connectivity index (χ0) is 39.4. The summed E-state index contributed by atoms with van der Waals surface area (Å²) in [4.78, 5) is 0. The van der Waals surface area contributed by atoms with Crippen LogP contribution in [0.1, 0.15) is 49.9 Å². The van der Waals surface area contributed by atoms with Gasteiger partial charge in [-0.15, -0.1) is 0 Å². The molecule has 0 unspecified atom stereocenters. The number of aromatic nitrogens is 1. The monoisotopic (exact) mass is 767 g/mol. The third-order valence-electron chi connectivity index (χ3n) is 12.9. The maximum Gasteiger partial charge on any atom is 0.174 e. The van der Waals surface area contributed by atoms with Crippen molar-refractivity contribution < 1.29 is 8.98 Å². The first-order valence-corrected chi connectivity index (χ1v) is 21.8. The van der Waals surface area contributed by atoms with Gasteiger partial charge in [-0.2, -0.15) is 0 Å². The summed E-state index contributed by atoms with van der Waals surface area (Å²) in [5.74, 6) is 0. The molecular formula is C54H42NO2P. The molecule has 8 aromatic carbocycles. The molecule has 0 spiro atoms. The molecule has 0 amide bonds. The standard InChI is InChI=1S/C54H42NO2P/c1-53(2)45-30-28-37(55-48-24-14-11-21-40(48)41-22-12-15-25-49(41)55)34-47(45)54(3,4)44-29-27-35(32-46(44)53)36-31-43-42-23-13-16-26-50(42)57-52(43)51(33-36)58(56,38-17-7-5-8-18-38)39-19-9-6-10-20-39/h5-34H,1-4H3. The molecule has 0 fully saturated rings. The van der Waals surface area contributed by atoms with E-state index in [9.17, 15) is 0 Å². The molecule has 11 rings (SSSR count). The van der Waals surface area contributed by atoms with Crippen LogP contribution in [0.15, 0.2) is 186 Å². The summed E-state index contributed by atoms with van der Waals surface area (Å²) in [5.41, 5.74) is 11.9. The molecular weight excluding hydrogens is 726 g/mol. The first kappa shape index (κ1) is 34.8. The first-order chi connectivity index (χ1) is 28.2. The van der Waals surface area contributed by atoms with Crippen LogP contribution in [0.2, 0.25) is 0 Å². The molecule has 3 nitrogen and oxygen atoms in total. The number of rotatable bonds is 5. The molecule has 0 aliphatic heterocycles. The molecule has 0 saturated carbocycles. The van der Waals surface area contributed by atoms with E-state index in [-0.39, 0.29) is 10.8 Å². The highest BCUT2D eigenvalue weighted by atomic mass is 31.2. The fourth-order valence-electron chi connectivity index (χ4n) is 9.92. The minimum atomic E-state index is -3.39. The van der Waals surface area contributed by atoms with Crippen LogP contribution in [-0.4, -0.2) is 4.57 Å². The number of hydrogen-bond donors (Lipinski definition) is 0. The number of nitrogens with zero attached hydrogens (tertiary/aromatic N) is 1. The van der Waals surface area contributed by atoms with Gasteiger partial charge in [0.15, 0.2) is 7.14 Å². The molecule has 4 heteroatoms. The van der Waals surface area contributed by atoms with E-state index in [1.165, 1.54) is 49.7 Å². The van der Waals surface area contributed by atoms with Crippen LogP contribution in [0, 0.1) is 0 Å². The van der Waals surface area contributed by atoms with Crippen LogP contribution in [0.3, 0.4) is 0 Å². The lowest BCUT2D eigenvalue weighted by molar-refractivity contribution is 0.520. The van der Waals surface area contributed by atoms with Gasteiger partial charge < -0.3 is 13.5 Å². The Hall–Kier alpha value is -6.41. The van der Waals surface area contributed by atoms with Gasteiger partial charge in [0.1, 0.15) is 11.2 Å². The quantitative estimate of drug-likeness (QED) is 0.164. The van der Waals surface area contributed by atoms with Crippen molar-refractivity contribution in [2.45, 2.75) is 38.5 Å². The van der Waals surface area contributed by atoms with Crippen molar-refractivity contribution >= 4 is 66.8 Å². The average molecular weight is 768 g/mol. The summed E-state index contributed by atoms with van der Waals surface area (Å²) in [6, 6.07) is 63.9. The normalized spacial score (nSPS) is 14.6. The molecule has 280 valence electrons. The molecule has 2 heterocycles. The van der Waals surface area contributed by atoms with Gasteiger partial charge in [0.05, 0.1) is 16.3 Å². The topological polar surface area (TPSA) is 35.1 Å². The van der Waals surface area contributed by atoms with E-state index in [2.05, 4.69) is 135 Å². The van der Waals surface area contributed by atoms with Gasteiger partial charge in [0.25, 0.3) is 0 Å². The lowest BCUT2D eigenvalue weighted by Crippen LogP contribution is -2.36. The van der Waals surface area contributed by atoms with Gasteiger partial charge in [-0.25, -0.2) is 0 Å². The molecule has 58 heavy (non-hydrogen) atoms. The van der Waals surface area contributed by atoms with Crippen LogP contribution in [0.4, 0.5) is 0 Å². The summed E-state index contributed by atoms with van der Waals surface area (Å²) in [5, 5.41) is 6.80. The van der Waals surface area contributed by atoms with Gasteiger partial charge in [-0.3, -0.25) is 0 Å².